The zero-order chi connectivity index (χ0) is 13.9. The summed E-state index contributed by atoms with van der Waals surface area (Å²) in [6, 6.07) is 0.827. The van der Waals surface area contributed by atoms with Gasteiger partial charge in [-0.15, -0.1) is 0 Å². The molecule has 0 amide bonds. The van der Waals surface area contributed by atoms with Gasteiger partial charge < -0.3 is 4.79 Å². The van der Waals surface area contributed by atoms with Crippen molar-refractivity contribution in [3.63, 3.8) is 0 Å². The first-order valence-corrected chi connectivity index (χ1v) is 8.50. The molecule has 112 valence electrons. The second-order valence-corrected chi connectivity index (χ2v) is 6.20. The summed E-state index contributed by atoms with van der Waals surface area (Å²) in [5.74, 6) is 0. The van der Waals surface area contributed by atoms with Gasteiger partial charge in [0.25, 0.3) is 0 Å². The summed E-state index contributed by atoms with van der Waals surface area (Å²) in [4.78, 5) is 13.4. The monoisotopic (exact) mass is 267 g/mol. The Morgan fingerprint density at radius 1 is 0.947 bits per heavy atom. The van der Waals surface area contributed by atoms with E-state index in [-0.39, 0.29) is 6.04 Å². The van der Waals surface area contributed by atoms with Crippen molar-refractivity contribution < 1.29 is 4.79 Å². The van der Waals surface area contributed by atoms with Crippen molar-refractivity contribution in [2.45, 2.75) is 96.6 Å². The Labute approximate surface area is 119 Å². The maximum atomic E-state index is 11.0. The molecule has 1 rings (SSSR count). The van der Waals surface area contributed by atoms with E-state index in [0.717, 1.165) is 19.3 Å². The summed E-state index contributed by atoms with van der Waals surface area (Å²) < 4.78 is 0. The van der Waals surface area contributed by atoms with Crippen LogP contribution in [0.25, 0.3) is 0 Å². The van der Waals surface area contributed by atoms with E-state index in [1.165, 1.54) is 64.2 Å². The van der Waals surface area contributed by atoms with Crippen LogP contribution in [0, 0.1) is 0 Å². The average molecular weight is 267 g/mol. The first-order chi connectivity index (χ1) is 9.29. The van der Waals surface area contributed by atoms with Crippen molar-refractivity contribution in [1.29, 1.82) is 0 Å². The quantitative estimate of drug-likeness (QED) is 0.404. The highest BCUT2D eigenvalue weighted by atomic mass is 16.1. The number of unbranched alkanes of at least 4 members (excludes halogenated alkanes) is 8. The van der Waals surface area contributed by atoms with Gasteiger partial charge in [0.05, 0.1) is 6.04 Å². The van der Waals surface area contributed by atoms with Crippen LogP contribution in [0.1, 0.15) is 84.5 Å². The number of carbonyl (C=O) groups excluding carboxylic acids is 1. The molecule has 0 N–H and O–H groups in total. The van der Waals surface area contributed by atoms with Crippen LogP contribution in [0.3, 0.4) is 0 Å². The minimum atomic E-state index is 0.212. The van der Waals surface area contributed by atoms with Crippen molar-refractivity contribution in [2.24, 2.45) is 0 Å². The zero-order valence-electron chi connectivity index (χ0n) is 13.1. The third kappa shape index (κ3) is 6.56. The molecule has 1 fully saturated rings. The molecule has 1 heterocycles. The smallest absolute Gasteiger partial charge is 0.137 e. The summed E-state index contributed by atoms with van der Waals surface area (Å²) in [5.41, 5.74) is 0. The molecule has 2 unspecified atom stereocenters. The molecule has 0 aromatic carbocycles. The lowest BCUT2D eigenvalue weighted by atomic mass is 10.1. The first kappa shape index (κ1) is 16.7. The van der Waals surface area contributed by atoms with Gasteiger partial charge in [0, 0.05) is 6.04 Å². The van der Waals surface area contributed by atoms with Gasteiger partial charge in [-0.3, -0.25) is 4.90 Å². The Morgan fingerprint density at radius 2 is 1.53 bits per heavy atom. The molecule has 0 aliphatic carbocycles. The number of likely N-dealkylation sites (tertiary alicyclic amines) is 1. The highest BCUT2D eigenvalue weighted by Crippen LogP contribution is 2.23. The standard InChI is InChI=1S/C17H33NO/c1-3-4-5-6-7-8-9-10-11-14-18-16(2)12-13-17(18)15-19/h15-17H,3-14H2,1-2H3. The van der Waals surface area contributed by atoms with Crippen LogP contribution in [0.4, 0.5) is 0 Å². The minimum Gasteiger partial charge on any atom is -0.302 e. The molecule has 19 heavy (non-hydrogen) atoms. The van der Waals surface area contributed by atoms with Crippen molar-refractivity contribution in [1.82, 2.24) is 4.90 Å². The number of rotatable bonds is 11. The Balaban J connectivity index is 1.94. The van der Waals surface area contributed by atoms with E-state index >= 15 is 0 Å². The third-order valence-corrected chi connectivity index (χ3v) is 4.55. The zero-order valence-corrected chi connectivity index (χ0v) is 13.1. The molecule has 0 aromatic heterocycles. The molecule has 1 saturated heterocycles. The SMILES string of the molecule is CCCCCCCCCCCN1C(C)CCC1C=O. The second kappa shape index (κ2) is 10.4. The molecule has 0 spiro atoms. The van der Waals surface area contributed by atoms with Gasteiger partial charge in [0.1, 0.15) is 6.29 Å². The molecule has 0 radical (unpaired) electrons. The van der Waals surface area contributed by atoms with Crippen molar-refractivity contribution in [3.05, 3.63) is 0 Å². The molecule has 0 aromatic rings. The lowest BCUT2D eigenvalue weighted by Gasteiger charge is -2.24. The largest absolute Gasteiger partial charge is 0.302 e. The summed E-state index contributed by atoms with van der Waals surface area (Å²) in [6.45, 7) is 5.66. The van der Waals surface area contributed by atoms with Gasteiger partial charge >= 0.3 is 0 Å². The van der Waals surface area contributed by atoms with Crippen molar-refractivity contribution in [3.8, 4) is 0 Å². The lowest BCUT2D eigenvalue weighted by Crippen LogP contribution is -2.36. The molecule has 1 aliphatic rings. The molecular weight excluding hydrogens is 234 g/mol. The number of hydrogen-bond acceptors (Lipinski definition) is 2. The average Bonchev–Trinajstić information content (AvgIpc) is 2.77. The topological polar surface area (TPSA) is 20.3 Å². The van der Waals surface area contributed by atoms with Crippen LogP contribution in [-0.4, -0.2) is 29.8 Å². The summed E-state index contributed by atoms with van der Waals surface area (Å²) in [6.07, 6.45) is 15.8. The normalized spacial score (nSPS) is 23.9. The third-order valence-electron chi connectivity index (χ3n) is 4.55. The number of nitrogens with zero attached hydrogens (tertiary/aromatic N) is 1. The van der Waals surface area contributed by atoms with E-state index in [0.29, 0.717) is 6.04 Å². The highest BCUT2D eigenvalue weighted by Gasteiger charge is 2.29. The summed E-state index contributed by atoms with van der Waals surface area (Å²) in [7, 11) is 0. The van der Waals surface area contributed by atoms with Crippen molar-refractivity contribution in [2.75, 3.05) is 6.54 Å². The number of carbonyl (C=O) groups is 1. The van der Waals surface area contributed by atoms with Crippen LogP contribution in [-0.2, 0) is 4.79 Å². The Bertz CT molecular complexity index is 229. The van der Waals surface area contributed by atoms with E-state index < -0.39 is 0 Å². The van der Waals surface area contributed by atoms with E-state index in [1.807, 2.05) is 0 Å². The molecule has 0 saturated carbocycles. The molecule has 0 bridgehead atoms. The van der Waals surface area contributed by atoms with Gasteiger partial charge in [-0.1, -0.05) is 58.3 Å². The van der Waals surface area contributed by atoms with E-state index in [4.69, 9.17) is 0 Å². The van der Waals surface area contributed by atoms with Crippen LogP contribution < -0.4 is 0 Å². The number of aldehydes is 1. The molecular formula is C17H33NO. The predicted octanol–water partition coefficient (Wildman–Crippen LogP) is 4.57. The lowest BCUT2D eigenvalue weighted by molar-refractivity contribution is -0.111. The molecule has 2 nitrogen and oxygen atoms in total. The Morgan fingerprint density at radius 3 is 2.11 bits per heavy atom. The van der Waals surface area contributed by atoms with Crippen molar-refractivity contribution >= 4 is 6.29 Å². The minimum absolute atomic E-state index is 0.212. The second-order valence-electron chi connectivity index (χ2n) is 6.20. The predicted molar refractivity (Wildman–Crippen MR) is 82.5 cm³/mol. The highest BCUT2D eigenvalue weighted by molar-refractivity contribution is 5.58. The van der Waals surface area contributed by atoms with Crippen LogP contribution >= 0.6 is 0 Å². The van der Waals surface area contributed by atoms with Crippen LogP contribution in [0.15, 0.2) is 0 Å². The fraction of sp³-hybridized carbons (Fsp3) is 0.941. The molecule has 2 heteroatoms. The number of hydrogen-bond donors (Lipinski definition) is 0. The van der Waals surface area contributed by atoms with Crippen LogP contribution in [0.5, 0.6) is 0 Å². The summed E-state index contributed by atoms with van der Waals surface area (Å²) >= 11 is 0. The molecule has 2 atom stereocenters. The van der Waals surface area contributed by atoms with Crippen LogP contribution in [0.2, 0.25) is 0 Å². The van der Waals surface area contributed by atoms with Gasteiger partial charge in [-0.05, 0) is 32.7 Å². The summed E-state index contributed by atoms with van der Waals surface area (Å²) in [5, 5.41) is 0. The maximum absolute atomic E-state index is 11.0. The Kier molecular flexibility index (Phi) is 9.15. The fourth-order valence-corrected chi connectivity index (χ4v) is 3.21. The van der Waals surface area contributed by atoms with Gasteiger partial charge in [0.15, 0.2) is 0 Å². The van der Waals surface area contributed by atoms with Gasteiger partial charge in [0.2, 0.25) is 0 Å². The van der Waals surface area contributed by atoms with E-state index in [9.17, 15) is 4.79 Å². The first-order valence-electron chi connectivity index (χ1n) is 8.50. The Hall–Kier alpha value is -0.370. The van der Waals surface area contributed by atoms with Gasteiger partial charge in [-0.2, -0.15) is 0 Å². The van der Waals surface area contributed by atoms with E-state index in [2.05, 4.69) is 18.7 Å². The molecule has 1 aliphatic heterocycles. The maximum Gasteiger partial charge on any atom is 0.137 e. The van der Waals surface area contributed by atoms with Gasteiger partial charge in [-0.25, -0.2) is 0 Å². The van der Waals surface area contributed by atoms with E-state index in [1.54, 1.807) is 0 Å². The fourth-order valence-electron chi connectivity index (χ4n) is 3.21.